The highest BCUT2D eigenvalue weighted by Gasteiger charge is 2.37. The van der Waals surface area contributed by atoms with E-state index in [1.165, 1.54) is 18.2 Å². The third kappa shape index (κ3) is 2.99. The van der Waals surface area contributed by atoms with E-state index in [2.05, 4.69) is 5.32 Å². The summed E-state index contributed by atoms with van der Waals surface area (Å²) < 4.78 is 5.14. The molecular formula is C11H14N2O6. The first-order chi connectivity index (χ1) is 8.99. The largest absolute Gasteiger partial charge is 0.388 e. The molecule has 1 aliphatic rings. The number of aliphatic hydroxyl groups excluding tert-OH is 3. The van der Waals surface area contributed by atoms with E-state index in [9.17, 15) is 25.4 Å². The molecule has 8 heteroatoms. The summed E-state index contributed by atoms with van der Waals surface area (Å²) in [6.45, 7) is -0.134. The van der Waals surface area contributed by atoms with Gasteiger partial charge in [-0.05, 0) is 6.07 Å². The summed E-state index contributed by atoms with van der Waals surface area (Å²) in [5, 5.41) is 41.9. The zero-order chi connectivity index (χ0) is 14.0. The lowest BCUT2D eigenvalue weighted by molar-refractivity contribution is -0.384. The van der Waals surface area contributed by atoms with Gasteiger partial charge in [0.25, 0.3) is 5.69 Å². The Balaban J connectivity index is 2.09. The summed E-state index contributed by atoms with van der Waals surface area (Å²) in [4.78, 5) is 10.1. The van der Waals surface area contributed by atoms with E-state index in [1.54, 1.807) is 6.07 Å². The fourth-order valence-corrected chi connectivity index (χ4v) is 1.81. The molecule has 1 saturated heterocycles. The monoisotopic (exact) mass is 270 g/mol. The van der Waals surface area contributed by atoms with Crippen molar-refractivity contribution in [2.24, 2.45) is 0 Å². The van der Waals surface area contributed by atoms with Gasteiger partial charge in [-0.15, -0.1) is 0 Å². The van der Waals surface area contributed by atoms with E-state index in [1.807, 2.05) is 0 Å². The molecule has 0 aliphatic carbocycles. The number of hydrogen-bond donors (Lipinski definition) is 4. The predicted molar refractivity (Wildman–Crippen MR) is 64.5 cm³/mol. The number of nitrogens with zero attached hydrogens (tertiary/aromatic N) is 1. The molecule has 4 N–H and O–H groups in total. The van der Waals surface area contributed by atoms with Crippen molar-refractivity contribution in [1.82, 2.24) is 0 Å². The smallest absolute Gasteiger partial charge is 0.271 e. The number of hydrogen-bond acceptors (Lipinski definition) is 7. The first kappa shape index (κ1) is 13.7. The Morgan fingerprint density at radius 2 is 2.05 bits per heavy atom. The molecule has 1 aromatic carbocycles. The zero-order valence-electron chi connectivity index (χ0n) is 9.84. The molecule has 8 nitrogen and oxygen atoms in total. The van der Waals surface area contributed by atoms with Crippen LogP contribution in [0.1, 0.15) is 0 Å². The predicted octanol–water partition coefficient (Wildman–Crippen LogP) is -0.554. The second-order valence-corrected chi connectivity index (χ2v) is 4.25. The minimum absolute atomic E-state index is 0.101. The third-order valence-electron chi connectivity index (χ3n) is 2.87. The fourth-order valence-electron chi connectivity index (χ4n) is 1.81. The number of nitrogens with one attached hydrogen (secondary N) is 1. The number of nitro groups is 1. The normalized spacial score (nSPS) is 30.9. The van der Waals surface area contributed by atoms with Crippen molar-refractivity contribution >= 4 is 11.4 Å². The third-order valence-corrected chi connectivity index (χ3v) is 2.87. The Bertz CT molecular complexity index is 468. The van der Waals surface area contributed by atoms with Crippen LogP contribution in [-0.4, -0.2) is 51.4 Å². The number of ether oxygens (including phenoxy) is 1. The van der Waals surface area contributed by atoms with Crippen LogP contribution in [0.5, 0.6) is 0 Å². The maximum atomic E-state index is 10.6. The minimum atomic E-state index is -1.33. The van der Waals surface area contributed by atoms with E-state index in [0.29, 0.717) is 5.69 Å². The van der Waals surface area contributed by atoms with Gasteiger partial charge in [-0.2, -0.15) is 0 Å². The van der Waals surface area contributed by atoms with Gasteiger partial charge in [-0.25, -0.2) is 0 Å². The summed E-state index contributed by atoms with van der Waals surface area (Å²) in [6, 6.07) is 5.68. The lowest BCUT2D eigenvalue weighted by atomic mass is 10.0. The number of benzene rings is 1. The molecule has 1 aromatic rings. The Labute approximate surface area is 108 Å². The van der Waals surface area contributed by atoms with Crippen LogP contribution in [0.3, 0.4) is 0 Å². The second kappa shape index (κ2) is 5.49. The molecule has 19 heavy (non-hydrogen) atoms. The van der Waals surface area contributed by atoms with Gasteiger partial charge >= 0.3 is 0 Å². The summed E-state index contributed by atoms with van der Waals surface area (Å²) in [5.41, 5.74) is 0.276. The maximum Gasteiger partial charge on any atom is 0.271 e. The van der Waals surface area contributed by atoms with Crippen LogP contribution in [-0.2, 0) is 4.74 Å². The molecule has 0 spiro atoms. The van der Waals surface area contributed by atoms with E-state index in [-0.39, 0.29) is 12.3 Å². The number of non-ortho nitro benzene ring substituents is 1. The van der Waals surface area contributed by atoms with Crippen molar-refractivity contribution in [2.75, 3.05) is 11.9 Å². The molecular weight excluding hydrogens is 256 g/mol. The van der Waals surface area contributed by atoms with E-state index in [0.717, 1.165) is 0 Å². The first-order valence-electron chi connectivity index (χ1n) is 5.66. The molecule has 1 fully saturated rings. The van der Waals surface area contributed by atoms with Crippen LogP contribution in [0, 0.1) is 10.1 Å². The SMILES string of the molecule is O=[N+]([O-])c1cccc(N[C@H]2OC[C@@H](O)[C@@H](O)[C@H]2O)c1. The standard InChI is InChI=1S/C11H14N2O6/c14-8-5-19-11(10(16)9(8)15)12-6-2-1-3-7(4-6)13(17)18/h1-4,8-12,14-16H,5H2/t8-,9-,10-,11+/m1/s1. The van der Waals surface area contributed by atoms with Crippen LogP contribution >= 0.6 is 0 Å². The molecule has 0 radical (unpaired) electrons. The molecule has 0 bridgehead atoms. The van der Waals surface area contributed by atoms with E-state index < -0.39 is 29.5 Å². The van der Waals surface area contributed by atoms with Crippen molar-refractivity contribution < 1.29 is 25.0 Å². The summed E-state index contributed by atoms with van der Waals surface area (Å²) in [7, 11) is 0. The highest BCUT2D eigenvalue weighted by atomic mass is 16.6. The van der Waals surface area contributed by atoms with Gasteiger partial charge in [0.15, 0.2) is 6.23 Å². The van der Waals surface area contributed by atoms with Gasteiger partial charge in [0.1, 0.15) is 18.3 Å². The lowest BCUT2D eigenvalue weighted by Crippen LogP contribution is -2.55. The molecule has 1 heterocycles. The lowest BCUT2D eigenvalue weighted by Gasteiger charge is -2.35. The van der Waals surface area contributed by atoms with Gasteiger partial charge < -0.3 is 25.4 Å². The molecule has 0 saturated carbocycles. The molecule has 0 unspecified atom stereocenters. The van der Waals surface area contributed by atoms with Crippen LogP contribution in [0.4, 0.5) is 11.4 Å². The van der Waals surface area contributed by atoms with Gasteiger partial charge in [0, 0.05) is 17.8 Å². The van der Waals surface area contributed by atoms with Crippen molar-refractivity contribution in [3.8, 4) is 0 Å². The van der Waals surface area contributed by atoms with E-state index >= 15 is 0 Å². The molecule has 1 aliphatic heterocycles. The maximum absolute atomic E-state index is 10.6. The van der Waals surface area contributed by atoms with Crippen molar-refractivity contribution in [3.05, 3.63) is 34.4 Å². The van der Waals surface area contributed by atoms with Gasteiger partial charge in [-0.3, -0.25) is 10.1 Å². The molecule has 0 amide bonds. The van der Waals surface area contributed by atoms with Crippen LogP contribution in [0.15, 0.2) is 24.3 Å². The van der Waals surface area contributed by atoms with E-state index in [4.69, 9.17) is 4.74 Å². The Kier molecular flexibility index (Phi) is 3.96. The highest BCUT2D eigenvalue weighted by Crippen LogP contribution is 2.21. The summed E-state index contributed by atoms with van der Waals surface area (Å²) >= 11 is 0. The Hall–Kier alpha value is -1.74. The number of anilines is 1. The minimum Gasteiger partial charge on any atom is -0.388 e. The Morgan fingerprint density at radius 3 is 2.74 bits per heavy atom. The van der Waals surface area contributed by atoms with Crippen molar-refractivity contribution in [3.63, 3.8) is 0 Å². The average Bonchev–Trinajstić information content (AvgIpc) is 2.40. The van der Waals surface area contributed by atoms with Crippen LogP contribution < -0.4 is 5.32 Å². The topological polar surface area (TPSA) is 125 Å². The van der Waals surface area contributed by atoms with Crippen molar-refractivity contribution in [1.29, 1.82) is 0 Å². The number of rotatable bonds is 3. The summed E-state index contributed by atoms with van der Waals surface area (Å²) in [5.74, 6) is 0. The van der Waals surface area contributed by atoms with Crippen LogP contribution in [0.25, 0.3) is 0 Å². The molecule has 4 atom stereocenters. The van der Waals surface area contributed by atoms with Crippen LogP contribution in [0.2, 0.25) is 0 Å². The Morgan fingerprint density at radius 1 is 1.32 bits per heavy atom. The first-order valence-corrected chi connectivity index (χ1v) is 5.66. The average molecular weight is 270 g/mol. The zero-order valence-corrected chi connectivity index (χ0v) is 9.84. The number of nitro benzene ring substituents is 1. The fraction of sp³-hybridized carbons (Fsp3) is 0.455. The second-order valence-electron chi connectivity index (χ2n) is 4.25. The highest BCUT2D eigenvalue weighted by molar-refractivity contribution is 5.51. The van der Waals surface area contributed by atoms with Gasteiger partial charge in [0.2, 0.25) is 0 Å². The molecule has 0 aromatic heterocycles. The molecule has 2 rings (SSSR count). The van der Waals surface area contributed by atoms with Gasteiger partial charge in [-0.1, -0.05) is 6.07 Å². The molecule has 104 valence electrons. The quantitative estimate of drug-likeness (QED) is 0.428. The number of aliphatic hydroxyl groups is 3. The summed E-state index contributed by atoms with van der Waals surface area (Å²) in [6.07, 6.45) is -4.76. The van der Waals surface area contributed by atoms with Gasteiger partial charge in [0.05, 0.1) is 11.5 Å². The van der Waals surface area contributed by atoms with Crippen molar-refractivity contribution in [2.45, 2.75) is 24.5 Å².